The van der Waals surface area contributed by atoms with E-state index in [0.717, 1.165) is 6.42 Å². The molecule has 0 saturated carbocycles. The van der Waals surface area contributed by atoms with Gasteiger partial charge in [-0.25, -0.2) is 14.8 Å². The Morgan fingerprint density at radius 3 is 2.44 bits per heavy atom. The summed E-state index contributed by atoms with van der Waals surface area (Å²) in [4.78, 5) is 18.3. The molecular weight excluding hydrogens is 234 g/mol. The van der Waals surface area contributed by atoms with Gasteiger partial charge in [0.15, 0.2) is 5.69 Å². The second-order valence-electron chi connectivity index (χ2n) is 5.38. The summed E-state index contributed by atoms with van der Waals surface area (Å²) in [6, 6.07) is -0.130. The van der Waals surface area contributed by atoms with Gasteiger partial charge in [0.25, 0.3) is 0 Å². The maximum Gasteiger partial charge on any atom is 0.356 e. The molecule has 0 bridgehead atoms. The first-order chi connectivity index (χ1) is 8.31. The molecule has 0 aromatic carbocycles. The molecule has 3 N–H and O–H groups in total. The molecule has 0 saturated heterocycles. The van der Waals surface area contributed by atoms with Crippen LogP contribution in [-0.4, -0.2) is 38.8 Å². The van der Waals surface area contributed by atoms with E-state index in [0.29, 0.717) is 5.82 Å². The van der Waals surface area contributed by atoms with Crippen molar-refractivity contribution in [2.24, 2.45) is 5.41 Å². The number of anilines is 1. The van der Waals surface area contributed by atoms with E-state index >= 15 is 0 Å². The molecular formula is C12H19N3O3. The summed E-state index contributed by atoms with van der Waals surface area (Å²) in [5.41, 5.74) is -0.0219. The summed E-state index contributed by atoms with van der Waals surface area (Å²) in [7, 11) is 0. The lowest BCUT2D eigenvalue weighted by atomic mass is 9.88. The SMILES string of the molecule is CC(C)(C)CC(CO)Nc1cnc(C(=O)O)cn1. The fourth-order valence-electron chi connectivity index (χ4n) is 1.62. The molecule has 0 aliphatic carbocycles. The van der Waals surface area contributed by atoms with E-state index in [1.54, 1.807) is 0 Å². The van der Waals surface area contributed by atoms with E-state index in [9.17, 15) is 9.90 Å². The molecule has 18 heavy (non-hydrogen) atoms. The maximum atomic E-state index is 10.6. The summed E-state index contributed by atoms with van der Waals surface area (Å²) in [5.74, 6) is -0.647. The first kappa shape index (κ1) is 14.4. The van der Waals surface area contributed by atoms with E-state index in [4.69, 9.17) is 5.11 Å². The number of carbonyl (C=O) groups is 1. The Bertz CT molecular complexity index is 398. The quantitative estimate of drug-likeness (QED) is 0.733. The Morgan fingerprint density at radius 1 is 1.39 bits per heavy atom. The lowest BCUT2D eigenvalue weighted by molar-refractivity contribution is 0.0690. The minimum atomic E-state index is -1.11. The molecule has 1 heterocycles. The van der Waals surface area contributed by atoms with Crippen LogP contribution in [0.2, 0.25) is 0 Å². The molecule has 0 spiro atoms. The minimum Gasteiger partial charge on any atom is -0.476 e. The predicted octanol–water partition coefficient (Wildman–Crippen LogP) is 1.38. The number of nitrogens with one attached hydrogen (secondary N) is 1. The Labute approximate surface area is 106 Å². The fourth-order valence-corrected chi connectivity index (χ4v) is 1.62. The van der Waals surface area contributed by atoms with E-state index < -0.39 is 5.97 Å². The van der Waals surface area contributed by atoms with Crippen molar-refractivity contribution in [1.82, 2.24) is 9.97 Å². The van der Waals surface area contributed by atoms with Crippen molar-refractivity contribution in [2.45, 2.75) is 33.2 Å². The lowest BCUT2D eigenvalue weighted by Gasteiger charge is -2.25. The Balaban J connectivity index is 2.67. The van der Waals surface area contributed by atoms with Gasteiger partial charge >= 0.3 is 5.97 Å². The zero-order valence-corrected chi connectivity index (χ0v) is 10.8. The van der Waals surface area contributed by atoms with Crippen molar-refractivity contribution < 1.29 is 15.0 Å². The number of aromatic carboxylic acids is 1. The van der Waals surface area contributed by atoms with Crippen LogP contribution in [0.4, 0.5) is 5.82 Å². The van der Waals surface area contributed by atoms with Crippen LogP contribution in [0.15, 0.2) is 12.4 Å². The highest BCUT2D eigenvalue weighted by atomic mass is 16.4. The van der Waals surface area contributed by atoms with Crippen molar-refractivity contribution in [1.29, 1.82) is 0 Å². The summed E-state index contributed by atoms with van der Waals surface area (Å²) >= 11 is 0. The number of aliphatic hydroxyl groups excluding tert-OH is 1. The van der Waals surface area contributed by atoms with Crippen molar-refractivity contribution >= 4 is 11.8 Å². The van der Waals surface area contributed by atoms with E-state index in [2.05, 4.69) is 36.1 Å². The van der Waals surface area contributed by atoms with Crippen LogP contribution >= 0.6 is 0 Å². The van der Waals surface area contributed by atoms with E-state index in [1.165, 1.54) is 12.4 Å². The number of hydrogen-bond acceptors (Lipinski definition) is 5. The van der Waals surface area contributed by atoms with Crippen LogP contribution in [0.25, 0.3) is 0 Å². The first-order valence-electron chi connectivity index (χ1n) is 5.74. The third-order valence-corrected chi connectivity index (χ3v) is 2.30. The van der Waals surface area contributed by atoms with Crippen molar-refractivity contribution in [3.63, 3.8) is 0 Å². The molecule has 1 atom stereocenters. The van der Waals surface area contributed by atoms with Crippen LogP contribution < -0.4 is 5.32 Å². The normalized spacial score (nSPS) is 13.1. The van der Waals surface area contributed by atoms with E-state index in [1.807, 2.05) is 0 Å². The number of carboxylic acid groups (broad SMARTS) is 1. The van der Waals surface area contributed by atoms with Gasteiger partial charge in [0.2, 0.25) is 0 Å². The molecule has 1 unspecified atom stereocenters. The monoisotopic (exact) mass is 253 g/mol. The van der Waals surface area contributed by atoms with Gasteiger partial charge in [-0.2, -0.15) is 0 Å². The summed E-state index contributed by atoms with van der Waals surface area (Å²) < 4.78 is 0. The predicted molar refractivity (Wildman–Crippen MR) is 67.6 cm³/mol. The van der Waals surface area contributed by atoms with Crippen molar-refractivity contribution in [3.8, 4) is 0 Å². The Kier molecular flexibility index (Phi) is 4.61. The van der Waals surface area contributed by atoms with Gasteiger partial charge in [-0.1, -0.05) is 20.8 Å². The van der Waals surface area contributed by atoms with Gasteiger partial charge in [0, 0.05) is 0 Å². The van der Waals surface area contributed by atoms with Crippen LogP contribution in [-0.2, 0) is 0 Å². The zero-order valence-electron chi connectivity index (χ0n) is 10.8. The highest BCUT2D eigenvalue weighted by Crippen LogP contribution is 2.22. The largest absolute Gasteiger partial charge is 0.476 e. The molecule has 6 nitrogen and oxygen atoms in total. The van der Waals surface area contributed by atoms with Crippen molar-refractivity contribution in [2.75, 3.05) is 11.9 Å². The molecule has 6 heteroatoms. The topological polar surface area (TPSA) is 95.3 Å². The number of carboxylic acids is 1. The number of aliphatic hydroxyl groups is 1. The van der Waals surface area contributed by atoms with Crippen LogP contribution in [0.1, 0.15) is 37.7 Å². The number of hydrogen-bond donors (Lipinski definition) is 3. The number of aromatic nitrogens is 2. The second-order valence-corrected chi connectivity index (χ2v) is 5.38. The third kappa shape index (κ3) is 4.67. The highest BCUT2D eigenvalue weighted by molar-refractivity contribution is 5.84. The van der Waals surface area contributed by atoms with Gasteiger partial charge in [-0.05, 0) is 11.8 Å². The maximum absolute atomic E-state index is 10.6. The smallest absolute Gasteiger partial charge is 0.356 e. The molecule has 0 aliphatic rings. The Hall–Kier alpha value is -1.69. The van der Waals surface area contributed by atoms with Gasteiger partial charge in [-0.3, -0.25) is 0 Å². The first-order valence-corrected chi connectivity index (χ1v) is 5.74. The van der Waals surface area contributed by atoms with Gasteiger partial charge < -0.3 is 15.5 Å². The molecule has 0 radical (unpaired) electrons. The van der Waals surface area contributed by atoms with E-state index in [-0.39, 0.29) is 23.8 Å². The van der Waals surface area contributed by atoms with Crippen LogP contribution in [0.3, 0.4) is 0 Å². The molecule has 1 aromatic heterocycles. The Morgan fingerprint density at radius 2 is 2.06 bits per heavy atom. The van der Waals surface area contributed by atoms with Crippen molar-refractivity contribution in [3.05, 3.63) is 18.1 Å². The second kappa shape index (κ2) is 5.77. The molecule has 0 aliphatic heterocycles. The van der Waals surface area contributed by atoms with Gasteiger partial charge in [0.05, 0.1) is 25.0 Å². The number of rotatable bonds is 5. The standard InChI is InChI=1S/C12H19N3O3/c1-12(2,3)4-8(7-16)15-10-6-13-9(5-14-10)11(17)18/h5-6,8,16H,4,7H2,1-3H3,(H,14,15)(H,17,18). The summed E-state index contributed by atoms with van der Waals surface area (Å²) in [6.07, 6.45) is 3.32. The lowest BCUT2D eigenvalue weighted by Crippen LogP contribution is -2.29. The highest BCUT2D eigenvalue weighted by Gasteiger charge is 2.18. The molecule has 0 fully saturated rings. The van der Waals surface area contributed by atoms with Gasteiger partial charge in [-0.15, -0.1) is 0 Å². The average molecular weight is 253 g/mol. The average Bonchev–Trinajstić information content (AvgIpc) is 2.27. The molecule has 100 valence electrons. The molecule has 1 rings (SSSR count). The van der Waals surface area contributed by atoms with Gasteiger partial charge in [0.1, 0.15) is 5.82 Å². The summed E-state index contributed by atoms with van der Waals surface area (Å²) in [6.45, 7) is 6.23. The minimum absolute atomic E-state index is 0.0143. The number of nitrogens with zero attached hydrogens (tertiary/aromatic N) is 2. The fraction of sp³-hybridized carbons (Fsp3) is 0.583. The summed E-state index contributed by atoms with van der Waals surface area (Å²) in [5, 5.41) is 21.0. The zero-order chi connectivity index (χ0) is 13.8. The third-order valence-electron chi connectivity index (χ3n) is 2.30. The molecule has 0 amide bonds. The van der Waals surface area contributed by atoms with Crippen LogP contribution in [0.5, 0.6) is 0 Å². The molecule has 1 aromatic rings. The van der Waals surface area contributed by atoms with Crippen LogP contribution in [0, 0.1) is 5.41 Å².